The molecule has 0 atom stereocenters. The van der Waals surface area contributed by atoms with Crippen LogP contribution in [-0.2, 0) is 4.74 Å². The van der Waals surface area contributed by atoms with E-state index in [4.69, 9.17) is 4.74 Å². The molecule has 0 bridgehead atoms. The molecule has 1 fully saturated rings. The molecule has 0 aliphatic carbocycles. The van der Waals surface area contributed by atoms with Gasteiger partial charge in [-0.15, -0.1) is 0 Å². The fourth-order valence-electron chi connectivity index (χ4n) is 2.43. The van der Waals surface area contributed by atoms with Gasteiger partial charge in [0.2, 0.25) is 0 Å². The zero-order valence-corrected chi connectivity index (χ0v) is 10.2. The van der Waals surface area contributed by atoms with Crippen LogP contribution in [0.15, 0.2) is 36.4 Å². The first-order chi connectivity index (χ1) is 8.88. The van der Waals surface area contributed by atoms with Gasteiger partial charge in [0.05, 0.1) is 13.2 Å². The van der Waals surface area contributed by atoms with Crippen molar-refractivity contribution in [3.8, 4) is 0 Å². The van der Waals surface area contributed by atoms with Gasteiger partial charge in [-0.05, 0) is 28.4 Å². The quantitative estimate of drug-likeness (QED) is 0.792. The standard InChI is InChI=1S/C14H15BNO2/c17-15-14-3-1-2-11-10-12(4-5-13(11)14)16-6-8-18-9-7-16/h1-5,10,17H,6-9H2. The summed E-state index contributed by atoms with van der Waals surface area (Å²) in [6, 6.07) is 12.3. The molecule has 2 aromatic carbocycles. The SMILES string of the molecule is O[B]c1cccc2cc(N3CCOCC3)ccc12. The highest BCUT2D eigenvalue weighted by Gasteiger charge is 2.11. The number of hydrogen-bond acceptors (Lipinski definition) is 3. The summed E-state index contributed by atoms with van der Waals surface area (Å²) in [6.07, 6.45) is 0. The highest BCUT2D eigenvalue weighted by molar-refractivity contribution is 6.50. The second kappa shape index (κ2) is 5.00. The average Bonchev–Trinajstić information content (AvgIpc) is 2.47. The van der Waals surface area contributed by atoms with Gasteiger partial charge < -0.3 is 14.7 Å². The number of fused-ring (bicyclic) bond motifs is 1. The number of nitrogens with zero attached hydrogens (tertiary/aromatic N) is 1. The van der Waals surface area contributed by atoms with Crippen molar-refractivity contribution in [2.24, 2.45) is 0 Å². The van der Waals surface area contributed by atoms with Crippen LogP contribution in [0, 0.1) is 0 Å². The first-order valence-corrected chi connectivity index (χ1v) is 6.21. The van der Waals surface area contributed by atoms with E-state index in [1.54, 1.807) is 0 Å². The van der Waals surface area contributed by atoms with E-state index in [1.807, 2.05) is 12.1 Å². The van der Waals surface area contributed by atoms with Crippen molar-refractivity contribution in [1.82, 2.24) is 0 Å². The highest BCUT2D eigenvalue weighted by Crippen LogP contribution is 2.21. The third-order valence-electron chi connectivity index (χ3n) is 3.41. The Balaban J connectivity index is 2.00. The highest BCUT2D eigenvalue weighted by atomic mass is 16.5. The molecule has 91 valence electrons. The van der Waals surface area contributed by atoms with Gasteiger partial charge in [-0.2, -0.15) is 0 Å². The molecular formula is C14H15BNO2. The predicted molar refractivity (Wildman–Crippen MR) is 74.6 cm³/mol. The zero-order chi connectivity index (χ0) is 12.4. The van der Waals surface area contributed by atoms with Crippen LogP contribution in [0.2, 0.25) is 0 Å². The van der Waals surface area contributed by atoms with Gasteiger partial charge in [-0.3, -0.25) is 0 Å². The van der Waals surface area contributed by atoms with Crippen LogP contribution < -0.4 is 10.4 Å². The van der Waals surface area contributed by atoms with Crippen LogP contribution in [0.3, 0.4) is 0 Å². The van der Waals surface area contributed by atoms with E-state index in [-0.39, 0.29) is 0 Å². The number of anilines is 1. The van der Waals surface area contributed by atoms with E-state index < -0.39 is 0 Å². The summed E-state index contributed by atoms with van der Waals surface area (Å²) < 4.78 is 5.37. The molecule has 3 rings (SSSR count). The molecular weight excluding hydrogens is 225 g/mol. The van der Waals surface area contributed by atoms with Gasteiger partial charge >= 0.3 is 7.48 Å². The first kappa shape index (κ1) is 11.6. The van der Waals surface area contributed by atoms with Crippen molar-refractivity contribution >= 4 is 29.4 Å². The van der Waals surface area contributed by atoms with Crippen molar-refractivity contribution in [3.63, 3.8) is 0 Å². The zero-order valence-electron chi connectivity index (χ0n) is 10.2. The summed E-state index contributed by atoms with van der Waals surface area (Å²) in [5, 5.41) is 11.4. The first-order valence-electron chi connectivity index (χ1n) is 6.21. The van der Waals surface area contributed by atoms with Crippen molar-refractivity contribution in [2.75, 3.05) is 31.2 Å². The molecule has 0 aromatic heterocycles. The molecule has 0 unspecified atom stereocenters. The number of morpholine rings is 1. The Hall–Kier alpha value is -1.52. The lowest BCUT2D eigenvalue weighted by atomic mass is 9.84. The molecule has 1 aliphatic rings. The molecule has 1 saturated heterocycles. The molecule has 0 spiro atoms. The Morgan fingerprint density at radius 2 is 1.94 bits per heavy atom. The lowest BCUT2D eigenvalue weighted by molar-refractivity contribution is 0.122. The molecule has 1 N–H and O–H groups in total. The molecule has 1 heterocycles. The van der Waals surface area contributed by atoms with Gasteiger partial charge in [-0.25, -0.2) is 0 Å². The van der Waals surface area contributed by atoms with Crippen molar-refractivity contribution < 1.29 is 9.76 Å². The van der Waals surface area contributed by atoms with E-state index in [1.165, 1.54) is 5.69 Å². The molecule has 0 amide bonds. The molecule has 2 aromatic rings. The minimum atomic E-state index is 0.794. The second-order valence-corrected chi connectivity index (χ2v) is 4.48. The molecule has 1 radical (unpaired) electrons. The van der Waals surface area contributed by atoms with Crippen LogP contribution in [0.25, 0.3) is 10.8 Å². The summed E-state index contributed by atoms with van der Waals surface area (Å²) in [6.45, 7) is 3.47. The number of ether oxygens (including phenoxy) is 1. The third kappa shape index (κ3) is 2.09. The van der Waals surface area contributed by atoms with E-state index in [0.717, 1.165) is 50.0 Å². The summed E-state index contributed by atoms with van der Waals surface area (Å²) in [5.41, 5.74) is 2.09. The minimum Gasteiger partial charge on any atom is -0.450 e. The molecule has 1 aliphatic heterocycles. The third-order valence-corrected chi connectivity index (χ3v) is 3.41. The van der Waals surface area contributed by atoms with Gasteiger partial charge in [0.25, 0.3) is 0 Å². The van der Waals surface area contributed by atoms with Crippen LogP contribution in [0.4, 0.5) is 5.69 Å². The molecule has 4 heteroatoms. The number of benzene rings is 2. The summed E-state index contributed by atoms with van der Waals surface area (Å²) in [7, 11) is 1.16. The molecule has 0 saturated carbocycles. The second-order valence-electron chi connectivity index (χ2n) is 4.48. The van der Waals surface area contributed by atoms with E-state index in [0.29, 0.717) is 0 Å². The maximum atomic E-state index is 9.20. The number of rotatable bonds is 2. The van der Waals surface area contributed by atoms with Crippen molar-refractivity contribution in [1.29, 1.82) is 0 Å². The maximum Gasteiger partial charge on any atom is 0.327 e. The van der Waals surface area contributed by atoms with Crippen LogP contribution in [-0.4, -0.2) is 38.8 Å². The summed E-state index contributed by atoms with van der Waals surface area (Å²) in [5.74, 6) is 0. The van der Waals surface area contributed by atoms with Crippen LogP contribution in [0.5, 0.6) is 0 Å². The lowest BCUT2D eigenvalue weighted by Gasteiger charge is -2.29. The van der Waals surface area contributed by atoms with E-state index >= 15 is 0 Å². The molecule has 3 nitrogen and oxygen atoms in total. The van der Waals surface area contributed by atoms with Gasteiger partial charge in [0, 0.05) is 18.8 Å². The summed E-state index contributed by atoms with van der Waals surface area (Å²) in [4.78, 5) is 2.33. The fourth-order valence-corrected chi connectivity index (χ4v) is 2.43. The Kier molecular flexibility index (Phi) is 3.21. The van der Waals surface area contributed by atoms with Gasteiger partial charge in [-0.1, -0.05) is 24.3 Å². The largest absolute Gasteiger partial charge is 0.450 e. The maximum absolute atomic E-state index is 9.20. The van der Waals surface area contributed by atoms with Crippen molar-refractivity contribution in [3.05, 3.63) is 36.4 Å². The monoisotopic (exact) mass is 240 g/mol. The molecule has 18 heavy (non-hydrogen) atoms. The predicted octanol–water partition coefficient (Wildman–Crippen LogP) is 0.913. The van der Waals surface area contributed by atoms with Crippen LogP contribution in [0.1, 0.15) is 0 Å². The summed E-state index contributed by atoms with van der Waals surface area (Å²) >= 11 is 0. The Morgan fingerprint density at radius 1 is 1.11 bits per heavy atom. The van der Waals surface area contributed by atoms with Crippen molar-refractivity contribution in [2.45, 2.75) is 0 Å². The smallest absolute Gasteiger partial charge is 0.327 e. The average molecular weight is 240 g/mol. The topological polar surface area (TPSA) is 32.7 Å². The Bertz CT molecular complexity index is 552. The van der Waals surface area contributed by atoms with Gasteiger partial charge in [0.1, 0.15) is 0 Å². The Labute approximate surface area is 107 Å². The van der Waals surface area contributed by atoms with Gasteiger partial charge in [0.15, 0.2) is 0 Å². The lowest BCUT2D eigenvalue weighted by Crippen LogP contribution is -2.36. The Morgan fingerprint density at radius 3 is 2.72 bits per heavy atom. The van der Waals surface area contributed by atoms with E-state index in [2.05, 4.69) is 29.2 Å². The van der Waals surface area contributed by atoms with E-state index in [9.17, 15) is 5.02 Å². The fraction of sp³-hybridized carbons (Fsp3) is 0.286. The normalized spacial score (nSPS) is 15.9. The minimum absolute atomic E-state index is 0.794. The number of hydrogen-bond donors (Lipinski definition) is 1. The van der Waals surface area contributed by atoms with Crippen LogP contribution >= 0.6 is 0 Å².